The average Bonchev–Trinajstić information content (AvgIpc) is 2.94. The van der Waals surface area contributed by atoms with Crippen molar-refractivity contribution >= 4 is 23.7 Å². The van der Waals surface area contributed by atoms with Crippen molar-refractivity contribution in [3.8, 4) is 23.0 Å². The molecule has 0 amide bonds. The van der Waals surface area contributed by atoms with Gasteiger partial charge in [0.15, 0.2) is 34.6 Å². The maximum absolute atomic E-state index is 13.2. The van der Waals surface area contributed by atoms with E-state index in [1.54, 1.807) is 20.3 Å². The second-order valence-corrected chi connectivity index (χ2v) is 8.94. The largest absolute Gasteiger partial charge is 0.493 e. The van der Waals surface area contributed by atoms with E-state index >= 15 is 0 Å². The van der Waals surface area contributed by atoms with Crippen LogP contribution in [0.25, 0.3) is 12.2 Å². The van der Waals surface area contributed by atoms with Crippen LogP contribution in [0.4, 0.5) is 0 Å². The van der Waals surface area contributed by atoms with Crippen LogP contribution in [0.2, 0.25) is 0 Å². The summed E-state index contributed by atoms with van der Waals surface area (Å²) in [6.45, 7) is 2.47. The number of benzene rings is 2. The number of ketones is 2. The lowest BCUT2D eigenvalue weighted by Gasteiger charge is -2.21. The minimum absolute atomic E-state index is 0.120. The number of hydrogen-bond donors (Lipinski definition) is 2. The van der Waals surface area contributed by atoms with E-state index in [0.717, 1.165) is 30.6 Å². The van der Waals surface area contributed by atoms with Crippen LogP contribution in [-0.2, 0) is 9.59 Å². The first kappa shape index (κ1) is 28.9. The molecule has 1 saturated carbocycles. The zero-order valence-electron chi connectivity index (χ0n) is 22.7. The minimum Gasteiger partial charge on any atom is -0.493 e. The van der Waals surface area contributed by atoms with Crippen LogP contribution in [0.3, 0.4) is 0 Å². The molecule has 1 atom stereocenters. The number of nitrogens with one attached hydrogen (secondary N) is 2. The highest BCUT2D eigenvalue weighted by molar-refractivity contribution is 6.16. The molecule has 2 aromatic rings. The average molecular weight is 523 g/mol. The molecular formula is C30H38N2O6. The fraction of sp³-hybridized carbons (Fsp3) is 0.400. The molecule has 0 aromatic heterocycles. The predicted octanol–water partition coefficient (Wildman–Crippen LogP) is 3.94. The Morgan fingerprint density at radius 1 is 0.895 bits per heavy atom. The lowest BCUT2D eigenvalue weighted by molar-refractivity contribution is -0.129. The molecule has 1 fully saturated rings. The monoisotopic (exact) mass is 522 g/mol. The molecule has 0 radical (unpaired) electrons. The van der Waals surface area contributed by atoms with Gasteiger partial charge in [-0.1, -0.05) is 18.2 Å². The summed E-state index contributed by atoms with van der Waals surface area (Å²) in [5.74, 6) is 1.48. The van der Waals surface area contributed by atoms with E-state index in [2.05, 4.69) is 10.6 Å². The zero-order valence-corrected chi connectivity index (χ0v) is 22.7. The molecule has 38 heavy (non-hydrogen) atoms. The number of allylic oxidation sites excluding steroid dienone is 2. The molecule has 0 saturated heterocycles. The van der Waals surface area contributed by atoms with Gasteiger partial charge in [-0.25, -0.2) is 0 Å². The van der Waals surface area contributed by atoms with Crippen molar-refractivity contribution in [2.45, 2.75) is 19.3 Å². The van der Waals surface area contributed by atoms with E-state index in [9.17, 15) is 9.59 Å². The van der Waals surface area contributed by atoms with Crippen molar-refractivity contribution in [1.82, 2.24) is 10.6 Å². The molecule has 8 heteroatoms. The van der Waals surface area contributed by atoms with Gasteiger partial charge in [0.05, 0.1) is 20.1 Å². The third-order valence-electron chi connectivity index (χ3n) is 6.29. The fourth-order valence-electron chi connectivity index (χ4n) is 4.21. The van der Waals surface area contributed by atoms with E-state index in [1.807, 2.05) is 56.6 Å². The van der Waals surface area contributed by atoms with Gasteiger partial charge in [0, 0.05) is 13.1 Å². The molecular weight excluding hydrogens is 484 g/mol. The van der Waals surface area contributed by atoms with Crippen molar-refractivity contribution in [3.63, 3.8) is 0 Å². The molecule has 2 N–H and O–H groups in total. The van der Waals surface area contributed by atoms with Crippen LogP contribution >= 0.6 is 0 Å². The Bertz CT molecular complexity index is 1160. The van der Waals surface area contributed by atoms with Crippen LogP contribution in [-0.4, -0.2) is 66.2 Å². The van der Waals surface area contributed by atoms with Gasteiger partial charge in [0.25, 0.3) is 0 Å². The maximum Gasteiger partial charge on any atom is 0.169 e. The van der Waals surface area contributed by atoms with Crippen molar-refractivity contribution in [3.05, 3.63) is 59.2 Å². The Kier molecular flexibility index (Phi) is 11.4. The first-order chi connectivity index (χ1) is 18.5. The lowest BCUT2D eigenvalue weighted by atomic mass is 9.81. The molecule has 2 aromatic carbocycles. The summed E-state index contributed by atoms with van der Waals surface area (Å²) in [6, 6.07) is 11.1. The SMILES string of the molecule is CNCCOc1ccc(/C=C/C(=O)C2CCC/C(=C\c3ccc(OCCNC)c(OC)c3)C2=O)cc1OC. The smallest absolute Gasteiger partial charge is 0.169 e. The Morgan fingerprint density at radius 3 is 2.05 bits per heavy atom. The maximum atomic E-state index is 13.2. The van der Waals surface area contributed by atoms with Gasteiger partial charge in [0.2, 0.25) is 0 Å². The summed E-state index contributed by atoms with van der Waals surface area (Å²) >= 11 is 0. The highest BCUT2D eigenvalue weighted by Gasteiger charge is 2.30. The van der Waals surface area contributed by atoms with Gasteiger partial charge < -0.3 is 29.6 Å². The van der Waals surface area contributed by atoms with Crippen LogP contribution in [0.5, 0.6) is 23.0 Å². The number of hydrogen-bond acceptors (Lipinski definition) is 8. The summed E-state index contributed by atoms with van der Waals surface area (Å²) in [7, 11) is 6.89. The van der Waals surface area contributed by atoms with Crippen molar-refractivity contribution < 1.29 is 28.5 Å². The van der Waals surface area contributed by atoms with E-state index in [4.69, 9.17) is 18.9 Å². The number of ether oxygens (including phenoxy) is 4. The number of Topliss-reactive ketones (excluding diaryl/α,β-unsaturated/α-hetero) is 1. The molecule has 1 aliphatic carbocycles. The standard InChI is InChI=1S/C30H38N2O6/c1-31-14-16-37-26-12-9-21(19-28(26)35-3)8-11-25(33)24-7-5-6-23(30(24)34)18-22-10-13-27(29(20-22)36-4)38-17-15-32-2/h8-13,18-20,24,31-32H,5-7,14-17H2,1-4H3/b11-8+,23-18+. The summed E-state index contributed by atoms with van der Waals surface area (Å²) in [5.41, 5.74) is 2.27. The predicted molar refractivity (Wildman–Crippen MR) is 149 cm³/mol. The molecule has 1 aliphatic rings. The zero-order chi connectivity index (χ0) is 27.3. The summed E-state index contributed by atoms with van der Waals surface area (Å²) < 4.78 is 22.4. The van der Waals surface area contributed by atoms with Crippen LogP contribution in [0.15, 0.2) is 48.0 Å². The highest BCUT2D eigenvalue weighted by atomic mass is 16.5. The van der Waals surface area contributed by atoms with Gasteiger partial charge in [0.1, 0.15) is 13.2 Å². The molecule has 0 bridgehead atoms. The Labute approximate surface area is 225 Å². The van der Waals surface area contributed by atoms with Crippen LogP contribution in [0.1, 0.15) is 30.4 Å². The second kappa shape index (κ2) is 15.0. The first-order valence-corrected chi connectivity index (χ1v) is 12.9. The summed E-state index contributed by atoms with van der Waals surface area (Å²) in [5, 5.41) is 6.06. The van der Waals surface area contributed by atoms with E-state index in [-0.39, 0.29) is 11.6 Å². The highest BCUT2D eigenvalue weighted by Crippen LogP contribution is 2.32. The molecule has 0 aliphatic heterocycles. The fourth-order valence-corrected chi connectivity index (χ4v) is 4.21. The molecule has 8 nitrogen and oxygen atoms in total. The number of rotatable bonds is 14. The first-order valence-electron chi connectivity index (χ1n) is 12.9. The van der Waals surface area contributed by atoms with Crippen molar-refractivity contribution in [2.24, 2.45) is 5.92 Å². The van der Waals surface area contributed by atoms with Gasteiger partial charge in [-0.2, -0.15) is 0 Å². The van der Waals surface area contributed by atoms with E-state index in [0.29, 0.717) is 54.6 Å². The Balaban J connectivity index is 1.69. The van der Waals surface area contributed by atoms with Crippen molar-refractivity contribution in [1.29, 1.82) is 0 Å². The normalized spacial score (nSPS) is 16.6. The van der Waals surface area contributed by atoms with Crippen LogP contribution in [0, 0.1) is 5.92 Å². The quantitative estimate of drug-likeness (QED) is 0.219. The van der Waals surface area contributed by atoms with Crippen LogP contribution < -0.4 is 29.6 Å². The van der Waals surface area contributed by atoms with Gasteiger partial charge in [-0.05, 0) is 86.5 Å². The Morgan fingerprint density at radius 2 is 1.47 bits per heavy atom. The minimum atomic E-state index is -0.677. The molecule has 3 rings (SSSR count). The van der Waals surface area contributed by atoms with Gasteiger partial charge in [-0.3, -0.25) is 9.59 Å². The summed E-state index contributed by atoms with van der Waals surface area (Å²) in [6.07, 6.45) is 7.01. The topological polar surface area (TPSA) is 95.1 Å². The lowest BCUT2D eigenvalue weighted by Crippen LogP contribution is -2.27. The van der Waals surface area contributed by atoms with E-state index in [1.165, 1.54) is 6.08 Å². The van der Waals surface area contributed by atoms with Gasteiger partial charge in [-0.15, -0.1) is 0 Å². The number of methoxy groups -OCH3 is 2. The summed E-state index contributed by atoms with van der Waals surface area (Å²) in [4.78, 5) is 26.2. The van der Waals surface area contributed by atoms with Crippen molar-refractivity contribution in [2.75, 3.05) is 54.6 Å². The van der Waals surface area contributed by atoms with Gasteiger partial charge >= 0.3 is 0 Å². The number of likely N-dealkylation sites (N-methyl/N-ethyl adjacent to an activating group) is 2. The molecule has 0 heterocycles. The Hall–Kier alpha value is -3.62. The third-order valence-corrected chi connectivity index (χ3v) is 6.29. The molecule has 204 valence electrons. The number of carbonyl (C=O) groups excluding carboxylic acids is 2. The molecule has 0 spiro atoms. The molecule has 1 unspecified atom stereocenters. The van der Waals surface area contributed by atoms with E-state index < -0.39 is 5.92 Å². The third kappa shape index (κ3) is 7.94. The number of carbonyl (C=O) groups is 2. The second-order valence-electron chi connectivity index (χ2n) is 8.94.